The molecule has 1 amide bonds. The summed E-state index contributed by atoms with van der Waals surface area (Å²) in [6.07, 6.45) is 1.92. The van der Waals surface area contributed by atoms with Crippen molar-refractivity contribution in [2.45, 2.75) is 51.7 Å². The Kier molecular flexibility index (Phi) is 3.04. The number of carbonyl (C=O) groups excluding carboxylic acids is 1. The van der Waals surface area contributed by atoms with Crippen molar-refractivity contribution in [3.63, 3.8) is 0 Å². The quantitative estimate of drug-likeness (QED) is 0.710. The van der Waals surface area contributed by atoms with Crippen molar-refractivity contribution in [2.75, 3.05) is 6.54 Å². The summed E-state index contributed by atoms with van der Waals surface area (Å²) in [5.41, 5.74) is 4.99. The van der Waals surface area contributed by atoms with E-state index >= 15 is 0 Å². The molecule has 0 aromatic heterocycles. The number of nitrogens with one attached hydrogen (secondary N) is 1. The van der Waals surface area contributed by atoms with E-state index in [1.165, 1.54) is 0 Å². The second-order valence-corrected chi connectivity index (χ2v) is 7.06. The molecule has 3 saturated carbocycles. The summed E-state index contributed by atoms with van der Waals surface area (Å²) < 4.78 is 5.16. The maximum atomic E-state index is 11.5. The lowest BCUT2D eigenvalue weighted by atomic mass is 9.33. The van der Waals surface area contributed by atoms with Crippen LogP contribution < -0.4 is 11.1 Å². The molecule has 3 aliphatic carbocycles. The number of rotatable bonds is 4. The number of alkyl carbamates (subject to hydrolysis) is 1. The van der Waals surface area contributed by atoms with E-state index in [0.29, 0.717) is 6.54 Å². The van der Waals surface area contributed by atoms with Gasteiger partial charge < -0.3 is 20.9 Å². The molecule has 6 heteroatoms. The number of hydrogen-bond acceptors (Lipinski definition) is 4. The first kappa shape index (κ1) is 14.1. The molecule has 0 saturated heterocycles. The number of amides is 1. The molecule has 6 nitrogen and oxygen atoms in total. The molecule has 0 aromatic rings. The van der Waals surface area contributed by atoms with Crippen LogP contribution in [0.3, 0.4) is 0 Å². The van der Waals surface area contributed by atoms with Gasteiger partial charge in [-0.2, -0.15) is 0 Å². The van der Waals surface area contributed by atoms with Crippen molar-refractivity contribution in [1.29, 1.82) is 0 Å². The average molecular weight is 270 g/mol. The van der Waals surface area contributed by atoms with E-state index < -0.39 is 23.7 Å². The Hall–Kier alpha value is -1.30. The highest BCUT2D eigenvalue weighted by Gasteiger charge is 2.70. The summed E-state index contributed by atoms with van der Waals surface area (Å²) in [6, 6.07) is -0.782. The van der Waals surface area contributed by atoms with Gasteiger partial charge in [0.2, 0.25) is 0 Å². The van der Waals surface area contributed by atoms with Crippen LogP contribution in [0, 0.1) is 10.8 Å². The molecule has 0 aromatic carbocycles. The van der Waals surface area contributed by atoms with Gasteiger partial charge >= 0.3 is 12.1 Å². The second-order valence-electron chi connectivity index (χ2n) is 7.06. The monoisotopic (exact) mass is 270 g/mol. The summed E-state index contributed by atoms with van der Waals surface area (Å²) in [6.45, 7) is 5.98. The van der Waals surface area contributed by atoms with E-state index in [1.54, 1.807) is 0 Å². The Bertz CT molecular complexity index is 394. The number of aliphatic carboxylic acids is 1. The first-order valence-electron chi connectivity index (χ1n) is 6.53. The van der Waals surface area contributed by atoms with Gasteiger partial charge in [-0.25, -0.2) is 4.79 Å². The Labute approximate surface area is 112 Å². The van der Waals surface area contributed by atoms with Crippen molar-refractivity contribution in [3.8, 4) is 0 Å². The van der Waals surface area contributed by atoms with Crippen molar-refractivity contribution < 1.29 is 19.4 Å². The highest BCUT2D eigenvalue weighted by atomic mass is 16.6. The van der Waals surface area contributed by atoms with E-state index in [9.17, 15) is 9.59 Å². The van der Waals surface area contributed by atoms with Crippen molar-refractivity contribution in [2.24, 2.45) is 16.6 Å². The fourth-order valence-electron chi connectivity index (χ4n) is 3.44. The van der Waals surface area contributed by atoms with Gasteiger partial charge in [0.15, 0.2) is 0 Å². The molecule has 0 spiro atoms. The van der Waals surface area contributed by atoms with E-state index in [1.807, 2.05) is 20.8 Å². The molecule has 0 radical (unpaired) electrons. The first-order valence-corrected chi connectivity index (χ1v) is 6.53. The van der Waals surface area contributed by atoms with Gasteiger partial charge in [0, 0.05) is 6.54 Å². The van der Waals surface area contributed by atoms with E-state index in [0.717, 1.165) is 19.3 Å². The molecule has 1 atom stereocenters. The lowest BCUT2D eigenvalue weighted by molar-refractivity contribution is -0.217. The van der Waals surface area contributed by atoms with Gasteiger partial charge in [-0.3, -0.25) is 4.79 Å². The summed E-state index contributed by atoms with van der Waals surface area (Å²) in [4.78, 5) is 22.4. The standard InChI is InChI=1S/C13H22N2O4/c1-11(2,3)19-10(18)15-7-12-4-13(5-12,6-12)8(14)9(16)17/h8H,4-7,14H2,1-3H3,(H,15,18)(H,16,17)/t8-,12?,13?/m0/s1. The number of carboxylic acid groups (broad SMARTS) is 1. The second kappa shape index (κ2) is 4.10. The molecule has 3 fully saturated rings. The number of ether oxygens (including phenoxy) is 1. The predicted molar refractivity (Wildman–Crippen MR) is 68.6 cm³/mol. The van der Waals surface area contributed by atoms with Gasteiger partial charge in [-0.15, -0.1) is 0 Å². The first-order chi connectivity index (χ1) is 8.58. The summed E-state index contributed by atoms with van der Waals surface area (Å²) in [5.74, 6) is -0.937. The van der Waals surface area contributed by atoms with Crippen LogP contribution in [0.5, 0.6) is 0 Å². The highest BCUT2D eigenvalue weighted by molar-refractivity contribution is 5.75. The summed E-state index contributed by atoms with van der Waals surface area (Å²) in [7, 11) is 0. The van der Waals surface area contributed by atoms with E-state index in [2.05, 4.69) is 5.32 Å². The van der Waals surface area contributed by atoms with Crippen LogP contribution in [0.1, 0.15) is 40.0 Å². The lowest BCUT2D eigenvalue weighted by Gasteiger charge is -2.72. The van der Waals surface area contributed by atoms with Crippen molar-refractivity contribution in [3.05, 3.63) is 0 Å². The minimum Gasteiger partial charge on any atom is -0.480 e. The average Bonchev–Trinajstić information content (AvgIpc) is 2.09. The normalized spacial score (nSPS) is 33.7. The zero-order chi connectivity index (χ0) is 14.5. The van der Waals surface area contributed by atoms with E-state index in [-0.39, 0.29) is 10.8 Å². The van der Waals surface area contributed by atoms with Crippen LogP contribution in [0.15, 0.2) is 0 Å². The topological polar surface area (TPSA) is 102 Å². The molecule has 3 rings (SSSR count). The fourth-order valence-corrected chi connectivity index (χ4v) is 3.44. The third-order valence-corrected chi connectivity index (χ3v) is 4.11. The molecule has 2 bridgehead atoms. The van der Waals surface area contributed by atoms with Gasteiger partial charge in [-0.05, 0) is 50.9 Å². The van der Waals surface area contributed by atoms with E-state index in [4.69, 9.17) is 15.6 Å². The molecular weight excluding hydrogens is 248 g/mol. The van der Waals surface area contributed by atoms with Gasteiger partial charge in [0.1, 0.15) is 11.6 Å². The SMILES string of the molecule is CC(C)(C)OC(=O)NCC12CC([C@@H](N)C(=O)O)(C1)C2. The largest absolute Gasteiger partial charge is 0.480 e. The predicted octanol–water partition coefficient (Wildman–Crippen LogP) is 1.09. The zero-order valence-corrected chi connectivity index (χ0v) is 11.7. The number of hydrogen-bond donors (Lipinski definition) is 3. The van der Waals surface area contributed by atoms with Crippen LogP contribution >= 0.6 is 0 Å². The van der Waals surface area contributed by atoms with Crippen LogP contribution in [0.2, 0.25) is 0 Å². The number of nitrogens with two attached hydrogens (primary N) is 1. The number of carboxylic acids is 1. The van der Waals surface area contributed by atoms with Crippen molar-refractivity contribution in [1.82, 2.24) is 5.32 Å². The third kappa shape index (κ3) is 2.54. The Morgan fingerprint density at radius 3 is 2.32 bits per heavy atom. The molecule has 0 aliphatic heterocycles. The molecule has 0 heterocycles. The minimum absolute atomic E-state index is 0.0456. The molecule has 4 N–H and O–H groups in total. The Morgan fingerprint density at radius 2 is 1.89 bits per heavy atom. The van der Waals surface area contributed by atoms with Gasteiger partial charge in [0.05, 0.1) is 0 Å². The zero-order valence-electron chi connectivity index (χ0n) is 11.7. The molecule has 108 valence electrons. The lowest BCUT2D eigenvalue weighted by Crippen LogP contribution is -2.72. The third-order valence-electron chi connectivity index (χ3n) is 4.11. The highest BCUT2D eigenvalue weighted by Crippen LogP contribution is 2.74. The molecule has 3 aliphatic rings. The summed E-state index contributed by atoms with van der Waals surface area (Å²) >= 11 is 0. The summed E-state index contributed by atoms with van der Waals surface area (Å²) in [5, 5.41) is 11.7. The van der Waals surface area contributed by atoms with Crippen LogP contribution in [0.4, 0.5) is 4.79 Å². The minimum atomic E-state index is -0.937. The molecule has 0 unspecified atom stereocenters. The molecular formula is C13H22N2O4. The Morgan fingerprint density at radius 1 is 1.37 bits per heavy atom. The maximum Gasteiger partial charge on any atom is 0.407 e. The smallest absolute Gasteiger partial charge is 0.407 e. The van der Waals surface area contributed by atoms with Crippen molar-refractivity contribution >= 4 is 12.1 Å². The molecule has 19 heavy (non-hydrogen) atoms. The van der Waals surface area contributed by atoms with Crippen LogP contribution in [0.25, 0.3) is 0 Å². The van der Waals surface area contributed by atoms with Crippen LogP contribution in [-0.4, -0.2) is 35.4 Å². The Balaban J connectivity index is 1.75. The van der Waals surface area contributed by atoms with Crippen LogP contribution in [-0.2, 0) is 9.53 Å². The fraction of sp³-hybridized carbons (Fsp3) is 0.846. The van der Waals surface area contributed by atoms with Gasteiger partial charge in [0.25, 0.3) is 0 Å². The van der Waals surface area contributed by atoms with Gasteiger partial charge in [-0.1, -0.05) is 0 Å². The maximum absolute atomic E-state index is 11.5. The number of carbonyl (C=O) groups is 2.